The predicted molar refractivity (Wildman–Crippen MR) is 77.9 cm³/mol. The van der Waals surface area contributed by atoms with Crippen LogP contribution in [0.2, 0.25) is 0 Å². The molecule has 0 spiro atoms. The third-order valence-electron chi connectivity index (χ3n) is 2.51. The summed E-state index contributed by atoms with van der Waals surface area (Å²) in [6, 6.07) is 17.7. The second-order valence-corrected chi connectivity index (χ2v) is 6.41. The van der Waals surface area contributed by atoms with Gasteiger partial charge in [-0.3, -0.25) is 9.59 Å². The molecule has 0 amide bonds. The zero-order chi connectivity index (χ0) is 14.8. The van der Waals surface area contributed by atoms with E-state index >= 15 is 0 Å². The molecular weight excluding hydrogens is 331 g/mol. The van der Waals surface area contributed by atoms with Gasteiger partial charge in [-0.1, -0.05) is 60.7 Å². The molecule has 0 radical (unpaired) electrons. The molecule has 0 N–H and O–H groups in total. The van der Waals surface area contributed by atoms with E-state index in [1.54, 1.807) is 48.5 Å². The molecule has 0 aliphatic rings. The normalized spacial score (nSPS) is 9.10. The van der Waals surface area contributed by atoms with Crippen molar-refractivity contribution >= 4 is 30.2 Å². The molecule has 102 valence electrons. The monoisotopic (exact) mass is 342 g/mol. The van der Waals surface area contributed by atoms with E-state index in [0.29, 0.717) is 11.1 Å². The van der Waals surface area contributed by atoms with Crippen molar-refractivity contribution in [3.63, 3.8) is 0 Å². The Morgan fingerprint density at radius 1 is 0.750 bits per heavy atom. The number of carbonyl (C=O) groups is 2. The number of carbonyl (C=O) groups excluding carboxylic acids is 2. The number of hydrogen-bond acceptors (Lipinski definition) is 2. The first-order chi connectivity index (χ1) is 9.69. The Hall–Kier alpha value is -0.926. The fourth-order valence-electron chi connectivity index (χ4n) is 1.60. The summed E-state index contributed by atoms with van der Waals surface area (Å²) in [6.07, 6.45) is -0.0754. The average molecular weight is 343 g/mol. The second kappa shape index (κ2) is 9.90. The van der Waals surface area contributed by atoms with E-state index in [-0.39, 0.29) is 18.0 Å². The molecule has 0 aliphatic carbocycles. The first kappa shape index (κ1) is 17.1. The van der Waals surface area contributed by atoms with Crippen molar-refractivity contribution in [3.05, 3.63) is 71.8 Å². The number of ketones is 2. The van der Waals surface area contributed by atoms with E-state index < -0.39 is 17.0 Å². The molecule has 0 bridgehead atoms. The molecule has 5 heteroatoms. The van der Waals surface area contributed by atoms with Gasteiger partial charge < -0.3 is 0 Å². The standard InChI is InChI=1S/C15H12O2.2ClH.Ti/c16-14(12-7-3-1-4-8-12)11-15(17)13-9-5-2-6-10-13;;;/h1-10H,11H2;2*1H;/q;;;+2/p-2. The van der Waals surface area contributed by atoms with E-state index in [9.17, 15) is 9.59 Å². The van der Waals surface area contributed by atoms with Gasteiger partial charge in [-0.15, -0.1) is 0 Å². The molecule has 0 fully saturated rings. The van der Waals surface area contributed by atoms with Crippen LogP contribution in [0.25, 0.3) is 0 Å². The quantitative estimate of drug-likeness (QED) is 0.465. The van der Waals surface area contributed by atoms with Crippen LogP contribution in [0.15, 0.2) is 60.7 Å². The number of hydrogen-bond donors (Lipinski definition) is 0. The first-order valence-electron chi connectivity index (χ1n) is 5.81. The van der Waals surface area contributed by atoms with Gasteiger partial charge in [0.2, 0.25) is 0 Å². The maximum atomic E-state index is 11.8. The molecule has 0 heterocycles. The van der Waals surface area contributed by atoms with Crippen LogP contribution in [-0.4, -0.2) is 11.6 Å². The Balaban J connectivity index is 0.000000612. The predicted octanol–water partition coefficient (Wildman–Crippen LogP) is 4.52. The molecule has 20 heavy (non-hydrogen) atoms. The molecule has 0 atom stereocenters. The van der Waals surface area contributed by atoms with Crippen LogP contribution in [0, 0.1) is 0 Å². The first-order valence-corrected chi connectivity index (χ1v) is 10.1. The Kier molecular flexibility index (Phi) is 8.47. The van der Waals surface area contributed by atoms with E-state index in [2.05, 4.69) is 0 Å². The Labute approximate surface area is 134 Å². The molecular formula is C15H12Cl2O2Ti. The summed E-state index contributed by atoms with van der Waals surface area (Å²) < 4.78 is 0. The summed E-state index contributed by atoms with van der Waals surface area (Å²) in [5.41, 5.74) is 1.16. The van der Waals surface area contributed by atoms with E-state index in [1.165, 1.54) is 0 Å². The summed E-state index contributed by atoms with van der Waals surface area (Å²) in [4.78, 5) is 23.6. The van der Waals surface area contributed by atoms with Crippen LogP contribution < -0.4 is 0 Å². The Morgan fingerprint density at radius 3 is 1.35 bits per heavy atom. The SMILES string of the molecule is O=C(CC(=O)c1ccccc1)c1ccccc1.[Cl][Ti][Cl]. The molecule has 0 saturated carbocycles. The molecule has 2 aromatic rings. The number of rotatable bonds is 4. The molecule has 2 aromatic carbocycles. The Morgan fingerprint density at radius 2 is 1.05 bits per heavy atom. The van der Waals surface area contributed by atoms with Gasteiger partial charge in [-0.25, -0.2) is 0 Å². The summed E-state index contributed by atoms with van der Waals surface area (Å²) in [5, 5.41) is 0. The third kappa shape index (κ3) is 6.02. The van der Waals surface area contributed by atoms with E-state index in [1.807, 2.05) is 12.1 Å². The van der Waals surface area contributed by atoms with E-state index in [4.69, 9.17) is 18.6 Å². The van der Waals surface area contributed by atoms with Gasteiger partial charge in [0.15, 0.2) is 11.6 Å². The minimum atomic E-state index is -0.556. The van der Waals surface area contributed by atoms with Crippen LogP contribution in [0.3, 0.4) is 0 Å². The van der Waals surface area contributed by atoms with Crippen molar-refractivity contribution in [2.24, 2.45) is 0 Å². The van der Waals surface area contributed by atoms with Gasteiger partial charge in [-0.2, -0.15) is 0 Å². The second-order valence-electron chi connectivity index (χ2n) is 3.83. The van der Waals surface area contributed by atoms with Gasteiger partial charge in [-0.05, 0) is 0 Å². The van der Waals surface area contributed by atoms with Gasteiger partial charge in [0.1, 0.15) is 0 Å². The van der Waals surface area contributed by atoms with Crippen molar-refractivity contribution in [2.45, 2.75) is 6.42 Å². The minimum absolute atomic E-state index is 0.0754. The van der Waals surface area contributed by atoms with Crippen molar-refractivity contribution in [3.8, 4) is 0 Å². The molecule has 0 aliphatic heterocycles. The molecule has 0 saturated heterocycles. The van der Waals surface area contributed by atoms with Gasteiger partial charge in [0.05, 0.1) is 6.42 Å². The number of benzene rings is 2. The van der Waals surface area contributed by atoms with Crippen LogP contribution in [0.1, 0.15) is 27.1 Å². The Bertz CT molecular complexity index is 495. The topological polar surface area (TPSA) is 34.1 Å². The summed E-state index contributed by atoms with van der Waals surface area (Å²) in [5.74, 6) is -0.279. The number of halogens is 2. The van der Waals surface area contributed by atoms with Gasteiger partial charge in [0.25, 0.3) is 0 Å². The van der Waals surface area contributed by atoms with Crippen LogP contribution in [0.4, 0.5) is 0 Å². The van der Waals surface area contributed by atoms with Crippen LogP contribution >= 0.6 is 18.6 Å². The number of Topliss-reactive ketones (excluding diaryl/α,β-unsaturated/α-hetero) is 2. The molecule has 0 unspecified atom stereocenters. The van der Waals surface area contributed by atoms with Gasteiger partial charge >= 0.3 is 35.6 Å². The fraction of sp³-hybridized carbons (Fsp3) is 0.0667. The van der Waals surface area contributed by atoms with Crippen LogP contribution in [-0.2, 0) is 17.0 Å². The summed E-state index contributed by atoms with van der Waals surface area (Å²) >= 11 is -0.556. The van der Waals surface area contributed by atoms with Crippen molar-refractivity contribution < 1.29 is 26.6 Å². The molecule has 0 aromatic heterocycles. The van der Waals surface area contributed by atoms with Crippen LogP contribution in [0.5, 0.6) is 0 Å². The fourth-order valence-corrected chi connectivity index (χ4v) is 1.60. The van der Waals surface area contributed by atoms with E-state index in [0.717, 1.165) is 0 Å². The summed E-state index contributed by atoms with van der Waals surface area (Å²) in [7, 11) is 9.78. The van der Waals surface area contributed by atoms with Crippen molar-refractivity contribution in [2.75, 3.05) is 0 Å². The zero-order valence-corrected chi connectivity index (χ0v) is 13.6. The summed E-state index contributed by atoms with van der Waals surface area (Å²) in [6.45, 7) is 0. The zero-order valence-electron chi connectivity index (χ0n) is 10.6. The van der Waals surface area contributed by atoms with Crippen molar-refractivity contribution in [1.29, 1.82) is 0 Å². The molecule has 2 nitrogen and oxygen atoms in total. The third-order valence-corrected chi connectivity index (χ3v) is 2.51. The van der Waals surface area contributed by atoms with Gasteiger partial charge in [0, 0.05) is 11.1 Å². The molecule has 2 rings (SSSR count). The van der Waals surface area contributed by atoms with Crippen molar-refractivity contribution in [1.82, 2.24) is 0 Å². The maximum absolute atomic E-state index is 11.8. The average Bonchev–Trinajstić information content (AvgIpc) is 2.50.